The van der Waals surface area contributed by atoms with Gasteiger partial charge in [0, 0.05) is 6.42 Å². The van der Waals surface area contributed by atoms with Gasteiger partial charge >= 0.3 is 13.9 Å². The normalized spacial score (nSPS) is 20.4. The van der Waals surface area contributed by atoms with E-state index in [-0.39, 0.29) is 19.1 Å². The first-order valence-electron chi connectivity index (χ1n) is 13.0. The molecule has 1 aliphatic rings. The Morgan fingerprint density at radius 3 is 2.15 bits per heavy atom. The average Bonchev–Trinajstić information content (AvgIpc) is 3.05. The van der Waals surface area contributed by atoms with E-state index in [2.05, 4.69) is 6.92 Å². The number of quaternary nitrogens is 1. The van der Waals surface area contributed by atoms with E-state index in [1.54, 1.807) is 0 Å². The molecule has 0 aliphatic carbocycles. The molecule has 1 aliphatic heterocycles. The summed E-state index contributed by atoms with van der Waals surface area (Å²) in [6.07, 6.45) is 10.4. The minimum Gasteiger partial charge on any atom is -0.441 e. The van der Waals surface area contributed by atoms with Crippen LogP contribution in [0.1, 0.15) is 90.9 Å². The number of ether oxygens (including phenoxy) is 1. The highest BCUT2D eigenvalue weighted by Gasteiger charge is 2.45. The van der Waals surface area contributed by atoms with Gasteiger partial charge in [0.25, 0.3) is 0 Å². The first-order valence-corrected chi connectivity index (χ1v) is 14.4. The van der Waals surface area contributed by atoms with Gasteiger partial charge in [-0.15, -0.1) is 0 Å². The number of rotatable bonds is 19. The van der Waals surface area contributed by atoms with Crippen LogP contribution in [0.15, 0.2) is 0 Å². The lowest BCUT2D eigenvalue weighted by Gasteiger charge is -2.25. The molecule has 0 spiro atoms. The molecule has 3 atom stereocenters. The molecule has 0 saturated carbocycles. The number of unbranched alkanes of at least 4 members (excludes halogenated alkanes) is 8. The summed E-state index contributed by atoms with van der Waals surface area (Å²) in [6, 6.07) is -0.505. The lowest BCUT2D eigenvalue weighted by Crippen LogP contribution is -2.42. The molecule has 1 unspecified atom stereocenters. The fourth-order valence-corrected chi connectivity index (χ4v) is 4.67. The molecule has 1 N–H and O–H groups in total. The number of cyclic esters (lactones) is 1. The number of imide groups is 1. The first-order chi connectivity index (χ1) is 16.0. The van der Waals surface area contributed by atoms with Crippen LogP contribution in [0.5, 0.6) is 0 Å². The van der Waals surface area contributed by atoms with Crippen molar-refractivity contribution in [3.63, 3.8) is 0 Å². The summed E-state index contributed by atoms with van der Waals surface area (Å²) in [5, 5.41) is 0. The van der Waals surface area contributed by atoms with Crippen molar-refractivity contribution in [3.05, 3.63) is 0 Å². The zero-order valence-electron chi connectivity index (χ0n) is 22.0. The SMILES string of the molecule is CCCCCCCCCCCC(=O)N1C(=O)O[C@@H](COP(=O)(O)OCC[N+](C)(C)C)[C@@H]1CCC. The Morgan fingerprint density at radius 2 is 1.59 bits per heavy atom. The molecule has 9 nitrogen and oxygen atoms in total. The summed E-state index contributed by atoms with van der Waals surface area (Å²) < 4.78 is 28.3. The number of carbonyl (C=O) groups excluding carboxylic acids is 2. The van der Waals surface area contributed by atoms with Crippen molar-refractivity contribution in [2.75, 3.05) is 40.9 Å². The van der Waals surface area contributed by atoms with Gasteiger partial charge in [-0.1, -0.05) is 71.6 Å². The van der Waals surface area contributed by atoms with Crippen LogP contribution < -0.4 is 0 Å². The second kappa shape index (κ2) is 15.9. The Balaban J connectivity index is 2.46. The maximum absolute atomic E-state index is 12.8. The Morgan fingerprint density at radius 1 is 1.00 bits per heavy atom. The van der Waals surface area contributed by atoms with Gasteiger partial charge < -0.3 is 14.1 Å². The largest absolute Gasteiger partial charge is 0.472 e. The minimum absolute atomic E-state index is 0.0590. The molecule has 34 heavy (non-hydrogen) atoms. The number of hydrogen-bond donors (Lipinski definition) is 1. The van der Waals surface area contributed by atoms with Crippen LogP contribution in [0, 0.1) is 0 Å². The zero-order chi connectivity index (χ0) is 25.6. The van der Waals surface area contributed by atoms with E-state index >= 15 is 0 Å². The maximum atomic E-state index is 12.8. The monoisotopic (exact) mass is 507 g/mol. The summed E-state index contributed by atoms with van der Waals surface area (Å²) >= 11 is 0. The lowest BCUT2D eigenvalue weighted by molar-refractivity contribution is -0.870. The Bertz CT molecular complexity index is 654. The molecular weight excluding hydrogens is 459 g/mol. The summed E-state index contributed by atoms with van der Waals surface area (Å²) in [5.74, 6) is -0.250. The predicted octanol–water partition coefficient (Wildman–Crippen LogP) is 5.26. The molecule has 1 fully saturated rings. The Labute approximate surface area is 206 Å². The highest BCUT2D eigenvalue weighted by molar-refractivity contribution is 7.47. The van der Waals surface area contributed by atoms with Crippen LogP contribution in [0.2, 0.25) is 0 Å². The number of hydrogen-bond acceptors (Lipinski definition) is 6. The third kappa shape index (κ3) is 12.6. The summed E-state index contributed by atoms with van der Waals surface area (Å²) in [4.78, 5) is 36.4. The van der Waals surface area contributed by atoms with E-state index in [1.165, 1.54) is 43.4 Å². The van der Waals surface area contributed by atoms with Gasteiger partial charge in [-0.05, 0) is 12.8 Å². The van der Waals surface area contributed by atoms with Gasteiger partial charge in [0.2, 0.25) is 5.91 Å². The van der Waals surface area contributed by atoms with Crippen LogP contribution in [-0.2, 0) is 23.1 Å². The fourth-order valence-electron chi connectivity index (χ4n) is 3.95. The molecule has 0 radical (unpaired) electrons. The van der Waals surface area contributed by atoms with Crippen molar-refractivity contribution < 1.29 is 37.3 Å². The summed E-state index contributed by atoms with van der Waals surface area (Å²) in [6.45, 7) is 4.46. The fraction of sp³-hybridized carbons (Fsp3) is 0.917. The molecule has 1 rings (SSSR count). The predicted molar refractivity (Wildman–Crippen MR) is 132 cm³/mol. The van der Waals surface area contributed by atoms with E-state index in [0.29, 0.717) is 23.9 Å². The van der Waals surface area contributed by atoms with Crippen LogP contribution >= 0.6 is 7.82 Å². The maximum Gasteiger partial charge on any atom is 0.472 e. The quantitative estimate of drug-likeness (QED) is 0.144. The van der Waals surface area contributed by atoms with Crippen LogP contribution in [0.4, 0.5) is 4.79 Å². The molecule has 2 amide bonds. The third-order valence-electron chi connectivity index (χ3n) is 5.98. The molecule has 1 saturated heterocycles. The standard InChI is InChI=1S/C24H47N2O7P/c1-6-8-9-10-11-12-13-14-15-17-23(27)25-21(16-7-2)22(33-24(25)28)20-32-34(29,30)31-19-18-26(3,4)5/h21-22H,6-20H2,1-5H3/p+1/t21-,22-/m0/s1. The van der Waals surface area contributed by atoms with Gasteiger partial charge in [0.1, 0.15) is 19.3 Å². The smallest absolute Gasteiger partial charge is 0.441 e. The van der Waals surface area contributed by atoms with Gasteiger partial charge in [0.05, 0.1) is 33.8 Å². The third-order valence-corrected chi connectivity index (χ3v) is 6.96. The topological polar surface area (TPSA) is 102 Å². The molecule has 1 heterocycles. The van der Waals surface area contributed by atoms with Gasteiger partial charge in [-0.25, -0.2) is 14.3 Å². The molecule has 10 heteroatoms. The highest BCUT2D eigenvalue weighted by atomic mass is 31.2. The lowest BCUT2D eigenvalue weighted by atomic mass is 10.0. The van der Waals surface area contributed by atoms with Crippen molar-refractivity contribution in [1.82, 2.24) is 4.90 Å². The van der Waals surface area contributed by atoms with Gasteiger partial charge in [-0.2, -0.15) is 0 Å². The van der Waals surface area contributed by atoms with Gasteiger partial charge in [-0.3, -0.25) is 13.8 Å². The second-order valence-electron chi connectivity index (χ2n) is 10.2. The van der Waals surface area contributed by atoms with E-state index < -0.39 is 26.1 Å². The van der Waals surface area contributed by atoms with Crippen molar-refractivity contribution >= 4 is 19.8 Å². The number of phosphoric ester groups is 1. The Kier molecular flexibility index (Phi) is 14.5. The first kappa shape index (κ1) is 31.0. The van der Waals surface area contributed by atoms with E-state index in [9.17, 15) is 19.0 Å². The number of likely N-dealkylation sites (N-methyl/N-ethyl adjacent to an activating group) is 1. The van der Waals surface area contributed by atoms with Crippen molar-refractivity contribution in [3.8, 4) is 0 Å². The average molecular weight is 508 g/mol. The second-order valence-corrected chi connectivity index (χ2v) is 11.7. The number of phosphoric acid groups is 1. The van der Waals surface area contributed by atoms with Crippen LogP contribution in [-0.4, -0.2) is 79.3 Å². The molecule has 0 aromatic heterocycles. The van der Waals surface area contributed by atoms with Crippen LogP contribution in [0.3, 0.4) is 0 Å². The minimum atomic E-state index is -4.28. The highest BCUT2D eigenvalue weighted by Crippen LogP contribution is 2.44. The number of carbonyl (C=O) groups is 2. The number of amides is 2. The van der Waals surface area contributed by atoms with Crippen LogP contribution in [0.25, 0.3) is 0 Å². The van der Waals surface area contributed by atoms with Crippen molar-refractivity contribution in [2.45, 2.75) is 103 Å². The zero-order valence-corrected chi connectivity index (χ0v) is 22.9. The molecule has 200 valence electrons. The van der Waals surface area contributed by atoms with Gasteiger partial charge in [0.15, 0.2) is 0 Å². The van der Waals surface area contributed by atoms with E-state index in [0.717, 1.165) is 25.7 Å². The van der Waals surface area contributed by atoms with E-state index in [1.807, 2.05) is 28.1 Å². The molecule has 0 bridgehead atoms. The van der Waals surface area contributed by atoms with E-state index in [4.69, 9.17) is 13.8 Å². The van der Waals surface area contributed by atoms with Crippen molar-refractivity contribution in [2.24, 2.45) is 0 Å². The summed E-state index contributed by atoms with van der Waals surface area (Å²) in [5.41, 5.74) is 0. The Hall–Kier alpha value is -0.990. The molecule has 0 aromatic rings. The van der Waals surface area contributed by atoms with Crippen molar-refractivity contribution in [1.29, 1.82) is 0 Å². The summed E-state index contributed by atoms with van der Waals surface area (Å²) in [7, 11) is 1.55. The molecule has 0 aromatic carbocycles. The number of nitrogens with zero attached hydrogens (tertiary/aromatic N) is 2. The molecular formula is C24H48N2O7P+.